The van der Waals surface area contributed by atoms with Gasteiger partial charge in [0.2, 0.25) is 5.90 Å². The SMILES string of the molecule is COc1cccc(CCNNC(=O)[C@@]2(CCC(=O)OC(C)(C)C)N=C(c3ccc(OCCCO)cc3)O[C@H]2c2ccccc2Br)c1. The Morgan fingerprint density at radius 3 is 2.50 bits per heavy atom. The van der Waals surface area contributed by atoms with Crippen molar-refractivity contribution in [2.75, 3.05) is 26.9 Å². The van der Waals surface area contributed by atoms with E-state index in [-0.39, 0.29) is 25.3 Å². The molecule has 1 aliphatic rings. The molecule has 1 amide bonds. The van der Waals surface area contributed by atoms with Crippen LogP contribution in [0.5, 0.6) is 11.5 Å². The molecule has 3 aromatic rings. The molecule has 46 heavy (non-hydrogen) atoms. The summed E-state index contributed by atoms with van der Waals surface area (Å²) in [6.07, 6.45) is 0.263. The van der Waals surface area contributed by atoms with Crippen molar-refractivity contribution in [1.29, 1.82) is 0 Å². The van der Waals surface area contributed by atoms with Crippen LogP contribution in [0, 0.1) is 0 Å². The summed E-state index contributed by atoms with van der Waals surface area (Å²) in [6, 6.07) is 22.4. The first-order valence-electron chi connectivity index (χ1n) is 15.3. The van der Waals surface area contributed by atoms with Crippen molar-refractivity contribution in [2.24, 2.45) is 4.99 Å². The van der Waals surface area contributed by atoms with Crippen molar-refractivity contribution >= 4 is 33.7 Å². The number of carbonyl (C=O) groups excluding carboxylic acids is 2. The summed E-state index contributed by atoms with van der Waals surface area (Å²) in [7, 11) is 1.62. The third-order valence-corrected chi connectivity index (χ3v) is 7.94. The molecule has 11 heteroatoms. The smallest absolute Gasteiger partial charge is 0.306 e. The van der Waals surface area contributed by atoms with Gasteiger partial charge < -0.3 is 24.1 Å². The third kappa shape index (κ3) is 9.31. The number of aliphatic hydroxyl groups excluding tert-OH is 1. The number of ether oxygens (including phenoxy) is 4. The van der Waals surface area contributed by atoms with Crippen LogP contribution in [0.2, 0.25) is 0 Å². The Hall–Kier alpha value is -3.93. The Kier molecular flexibility index (Phi) is 12.2. The van der Waals surface area contributed by atoms with Crippen molar-refractivity contribution in [3.63, 3.8) is 0 Å². The highest BCUT2D eigenvalue weighted by atomic mass is 79.9. The number of aliphatic imine (C=N–C) groups is 1. The number of nitrogens with zero attached hydrogens (tertiary/aromatic N) is 1. The summed E-state index contributed by atoms with van der Waals surface area (Å²) in [4.78, 5) is 32.2. The largest absolute Gasteiger partial charge is 0.497 e. The van der Waals surface area contributed by atoms with Crippen LogP contribution < -0.4 is 20.3 Å². The van der Waals surface area contributed by atoms with Gasteiger partial charge in [-0.2, -0.15) is 0 Å². The summed E-state index contributed by atoms with van der Waals surface area (Å²) in [6.45, 7) is 6.27. The number of methoxy groups -OCH3 is 1. The molecule has 0 aliphatic carbocycles. The Labute approximate surface area is 278 Å². The van der Waals surface area contributed by atoms with Gasteiger partial charge in [-0.1, -0.05) is 46.3 Å². The summed E-state index contributed by atoms with van der Waals surface area (Å²) < 4.78 is 23.8. The minimum Gasteiger partial charge on any atom is -0.497 e. The highest BCUT2D eigenvalue weighted by Crippen LogP contribution is 2.45. The molecule has 0 fully saturated rings. The zero-order valence-corrected chi connectivity index (χ0v) is 28.3. The van der Waals surface area contributed by atoms with Gasteiger partial charge in [-0.15, -0.1) is 0 Å². The highest BCUT2D eigenvalue weighted by Gasteiger charge is 2.54. The first kappa shape index (κ1) is 34.9. The number of hydrazine groups is 1. The average Bonchev–Trinajstić information content (AvgIpc) is 3.42. The molecule has 2 atom stereocenters. The van der Waals surface area contributed by atoms with Crippen LogP contribution in [0.1, 0.15) is 62.8 Å². The summed E-state index contributed by atoms with van der Waals surface area (Å²) in [5.41, 5.74) is 6.09. The maximum atomic E-state index is 14.3. The molecular weight excluding hydrogens is 654 g/mol. The lowest BCUT2D eigenvalue weighted by Gasteiger charge is -2.31. The second kappa shape index (κ2) is 16.1. The van der Waals surface area contributed by atoms with E-state index in [1.54, 1.807) is 52.1 Å². The Bertz CT molecular complexity index is 1510. The van der Waals surface area contributed by atoms with Crippen LogP contribution >= 0.6 is 15.9 Å². The van der Waals surface area contributed by atoms with Gasteiger partial charge in [-0.05, 0) is 81.6 Å². The normalized spacial score (nSPS) is 17.5. The molecule has 246 valence electrons. The second-order valence-corrected chi connectivity index (χ2v) is 12.7. The number of rotatable bonds is 15. The summed E-state index contributed by atoms with van der Waals surface area (Å²) >= 11 is 3.63. The van der Waals surface area contributed by atoms with E-state index in [0.717, 1.165) is 15.8 Å². The van der Waals surface area contributed by atoms with Crippen molar-refractivity contribution in [3.8, 4) is 11.5 Å². The van der Waals surface area contributed by atoms with E-state index in [0.29, 0.717) is 42.9 Å². The van der Waals surface area contributed by atoms with E-state index in [4.69, 9.17) is 29.0 Å². The van der Waals surface area contributed by atoms with Crippen LogP contribution in [-0.4, -0.2) is 60.9 Å². The van der Waals surface area contributed by atoms with Crippen molar-refractivity contribution in [2.45, 2.75) is 63.7 Å². The van der Waals surface area contributed by atoms with Crippen molar-refractivity contribution in [3.05, 3.63) is 94.0 Å². The first-order valence-corrected chi connectivity index (χ1v) is 16.1. The lowest BCUT2D eigenvalue weighted by Crippen LogP contribution is -2.53. The van der Waals surface area contributed by atoms with Crippen LogP contribution in [0.3, 0.4) is 0 Å². The maximum absolute atomic E-state index is 14.3. The Balaban J connectivity index is 1.64. The van der Waals surface area contributed by atoms with Gasteiger partial charge in [0.05, 0.1) is 13.7 Å². The molecule has 10 nitrogen and oxygen atoms in total. The molecule has 4 rings (SSSR count). The molecule has 0 spiro atoms. The Morgan fingerprint density at radius 2 is 1.80 bits per heavy atom. The van der Waals surface area contributed by atoms with E-state index < -0.39 is 29.1 Å². The molecule has 0 aromatic heterocycles. The maximum Gasteiger partial charge on any atom is 0.306 e. The van der Waals surface area contributed by atoms with Gasteiger partial charge in [0.1, 0.15) is 17.1 Å². The third-order valence-electron chi connectivity index (χ3n) is 7.22. The number of nitrogens with one attached hydrogen (secondary N) is 2. The van der Waals surface area contributed by atoms with Gasteiger partial charge in [-0.25, -0.2) is 10.4 Å². The van der Waals surface area contributed by atoms with E-state index >= 15 is 0 Å². The number of hydrogen-bond donors (Lipinski definition) is 3. The second-order valence-electron chi connectivity index (χ2n) is 11.9. The van der Waals surface area contributed by atoms with Crippen LogP contribution in [-0.2, 0) is 25.5 Å². The van der Waals surface area contributed by atoms with E-state index in [1.165, 1.54) is 0 Å². The average molecular weight is 697 g/mol. The number of hydrogen-bond acceptors (Lipinski definition) is 9. The van der Waals surface area contributed by atoms with Gasteiger partial charge >= 0.3 is 5.97 Å². The van der Waals surface area contributed by atoms with Crippen LogP contribution in [0.25, 0.3) is 0 Å². The van der Waals surface area contributed by atoms with E-state index in [9.17, 15) is 9.59 Å². The fourth-order valence-corrected chi connectivity index (χ4v) is 5.50. The lowest BCUT2D eigenvalue weighted by atomic mass is 9.83. The number of benzene rings is 3. The molecular formula is C35H42BrN3O7. The van der Waals surface area contributed by atoms with Crippen molar-refractivity contribution < 1.29 is 33.6 Å². The molecule has 0 bridgehead atoms. The van der Waals surface area contributed by atoms with Gasteiger partial charge in [-0.3, -0.25) is 15.0 Å². The first-order chi connectivity index (χ1) is 22.0. The highest BCUT2D eigenvalue weighted by molar-refractivity contribution is 9.10. The minimum absolute atomic E-state index is 0.0309. The van der Waals surface area contributed by atoms with Gasteiger partial charge in [0.15, 0.2) is 11.6 Å². The predicted octanol–water partition coefficient (Wildman–Crippen LogP) is 5.46. The Morgan fingerprint density at radius 1 is 1.04 bits per heavy atom. The number of esters is 1. The molecule has 3 N–H and O–H groups in total. The molecule has 1 aliphatic heterocycles. The van der Waals surface area contributed by atoms with E-state index in [2.05, 4.69) is 26.8 Å². The topological polar surface area (TPSA) is 128 Å². The summed E-state index contributed by atoms with van der Waals surface area (Å²) in [5.74, 6) is 0.769. The number of aliphatic hydroxyl groups is 1. The minimum atomic E-state index is -1.52. The summed E-state index contributed by atoms with van der Waals surface area (Å²) in [5, 5.41) is 9.05. The van der Waals surface area contributed by atoms with Gasteiger partial charge in [0.25, 0.3) is 5.91 Å². The molecule has 1 heterocycles. The van der Waals surface area contributed by atoms with Crippen LogP contribution in [0.4, 0.5) is 0 Å². The van der Waals surface area contributed by atoms with Crippen LogP contribution in [0.15, 0.2) is 82.3 Å². The van der Waals surface area contributed by atoms with Crippen molar-refractivity contribution in [1.82, 2.24) is 10.9 Å². The van der Waals surface area contributed by atoms with E-state index in [1.807, 2.05) is 48.5 Å². The monoisotopic (exact) mass is 695 g/mol. The quantitative estimate of drug-likeness (QED) is 0.109. The molecule has 0 unspecified atom stereocenters. The molecule has 3 aromatic carbocycles. The number of carbonyl (C=O) groups is 2. The standard InChI is InChI=1S/C35H42BrN3O7/c1-34(2,3)46-30(41)17-19-35(33(42)39-37-20-18-24-9-7-10-27(23-24)43-4)31(28-11-5-6-12-29(28)36)45-32(38-35)25-13-15-26(16-14-25)44-22-8-21-40/h5-7,9-16,23,31,37,40H,8,17-22H2,1-4H3,(H,39,42)/t31-,35-/m0/s1. The van der Waals surface area contributed by atoms with Gasteiger partial charge in [0, 0.05) is 41.6 Å². The number of amides is 1. The lowest BCUT2D eigenvalue weighted by molar-refractivity contribution is -0.155. The number of halogens is 1. The zero-order valence-electron chi connectivity index (χ0n) is 26.7. The molecule has 0 saturated heterocycles. The molecule has 0 radical (unpaired) electrons. The fourth-order valence-electron chi connectivity index (χ4n) is 5.01. The zero-order chi connectivity index (χ0) is 33.2. The fraction of sp³-hybridized carbons (Fsp3) is 0.400. The predicted molar refractivity (Wildman–Crippen MR) is 179 cm³/mol. The molecule has 0 saturated carbocycles.